The first-order chi connectivity index (χ1) is 14.1. The third kappa shape index (κ3) is 3.83. The third-order valence-electron chi connectivity index (χ3n) is 7.28. The van der Waals surface area contributed by atoms with Crippen LogP contribution in [-0.2, 0) is 0 Å². The van der Waals surface area contributed by atoms with Crippen LogP contribution in [0.4, 0.5) is 0 Å². The molecule has 0 saturated carbocycles. The molecular weight excluding hydrogens is 384 g/mol. The summed E-state index contributed by atoms with van der Waals surface area (Å²) in [5.41, 5.74) is 5.74. The molecular formula is C25H48N4Si+2. The minimum absolute atomic E-state index is 0.497. The Balaban J connectivity index is 3.06. The topological polar surface area (TPSA) is 12.5 Å². The predicted octanol–water partition coefficient (Wildman–Crippen LogP) is 5.61. The third-order valence-corrected chi connectivity index (χ3v) is 12.9. The van der Waals surface area contributed by atoms with E-state index in [-0.39, 0.29) is 0 Å². The Morgan fingerprint density at radius 3 is 1.63 bits per heavy atom. The maximum absolute atomic E-state index is 2.87. The van der Waals surface area contributed by atoms with E-state index in [2.05, 4.69) is 106 Å². The summed E-state index contributed by atoms with van der Waals surface area (Å²) in [6.45, 7) is 27.2. The van der Waals surface area contributed by atoms with Crippen molar-refractivity contribution < 1.29 is 8.48 Å². The lowest BCUT2D eigenvalue weighted by atomic mass is 10.2. The Hall–Kier alpha value is -1.36. The molecule has 0 aromatic heterocycles. The van der Waals surface area contributed by atoms with Gasteiger partial charge in [0.2, 0.25) is 0 Å². The SMILES string of the molecule is CCC[N+]1=C(C)C=C(C)N(C(C)CC)[Si]12N(C(C)CC)C(C)=CC(C)=[N+]2C(C)CC. The molecule has 2 aliphatic heterocycles. The van der Waals surface area contributed by atoms with Crippen LogP contribution in [0.25, 0.3) is 0 Å². The summed E-state index contributed by atoms with van der Waals surface area (Å²) in [7, 11) is -2.49. The van der Waals surface area contributed by atoms with Gasteiger partial charge in [-0.05, 0) is 47.5 Å². The summed E-state index contributed by atoms with van der Waals surface area (Å²) < 4.78 is 11.4. The van der Waals surface area contributed by atoms with Crippen LogP contribution < -0.4 is 0 Å². The molecule has 0 aliphatic carbocycles. The highest BCUT2D eigenvalue weighted by molar-refractivity contribution is 6.62. The van der Waals surface area contributed by atoms with Crippen LogP contribution in [0.3, 0.4) is 0 Å². The van der Waals surface area contributed by atoms with Crippen molar-refractivity contribution in [1.29, 1.82) is 0 Å². The molecule has 0 radical (unpaired) electrons. The van der Waals surface area contributed by atoms with Crippen LogP contribution in [0.5, 0.6) is 0 Å². The lowest BCUT2D eigenvalue weighted by Gasteiger charge is -2.48. The molecule has 0 aromatic carbocycles. The number of allylic oxidation sites excluding steroid dienone is 4. The first-order valence-electron chi connectivity index (χ1n) is 12.3. The quantitative estimate of drug-likeness (QED) is 0.462. The fourth-order valence-electron chi connectivity index (χ4n) is 5.60. The summed E-state index contributed by atoms with van der Waals surface area (Å²) in [5.74, 6) is 0. The van der Waals surface area contributed by atoms with Crippen LogP contribution in [0, 0.1) is 0 Å². The summed E-state index contributed by atoms with van der Waals surface area (Å²) >= 11 is 0. The van der Waals surface area contributed by atoms with Gasteiger partial charge in [0.25, 0.3) is 0 Å². The molecule has 0 aromatic rings. The first-order valence-corrected chi connectivity index (χ1v) is 14.1. The van der Waals surface area contributed by atoms with Crippen LogP contribution >= 0.6 is 0 Å². The van der Waals surface area contributed by atoms with Crippen LogP contribution in [0.15, 0.2) is 23.5 Å². The molecule has 2 aliphatic rings. The Kier molecular flexibility index (Phi) is 8.17. The maximum atomic E-state index is 2.87. The van der Waals surface area contributed by atoms with Crippen molar-refractivity contribution in [1.82, 2.24) is 9.13 Å². The Labute approximate surface area is 188 Å². The minimum Gasteiger partial charge on any atom is -0.268 e. The highest BCUT2D eigenvalue weighted by Gasteiger charge is 2.81. The first kappa shape index (κ1) is 24.9. The van der Waals surface area contributed by atoms with E-state index < -0.39 is 8.72 Å². The molecule has 5 heteroatoms. The van der Waals surface area contributed by atoms with Gasteiger partial charge in [0.05, 0.1) is 0 Å². The normalized spacial score (nSPS) is 25.6. The van der Waals surface area contributed by atoms with Gasteiger partial charge in [-0.25, -0.2) is 8.48 Å². The molecule has 1 spiro atoms. The fourth-order valence-corrected chi connectivity index (χ4v) is 12.1. The van der Waals surface area contributed by atoms with Crippen molar-refractivity contribution in [3.05, 3.63) is 23.5 Å². The van der Waals surface area contributed by atoms with E-state index in [1.165, 1.54) is 22.8 Å². The van der Waals surface area contributed by atoms with Gasteiger partial charge in [-0.1, -0.05) is 27.7 Å². The summed E-state index contributed by atoms with van der Waals surface area (Å²) in [6.07, 6.45) is 9.51. The maximum Gasteiger partial charge on any atom is 0.937 e. The van der Waals surface area contributed by atoms with E-state index in [1.807, 2.05) is 0 Å². The lowest BCUT2D eigenvalue weighted by molar-refractivity contribution is -0.584. The summed E-state index contributed by atoms with van der Waals surface area (Å²) in [4.78, 5) is 0. The van der Waals surface area contributed by atoms with Crippen molar-refractivity contribution >= 4 is 20.1 Å². The zero-order chi connectivity index (χ0) is 22.8. The Morgan fingerprint density at radius 1 is 0.767 bits per heavy atom. The Morgan fingerprint density at radius 2 is 1.23 bits per heavy atom. The molecule has 0 N–H and O–H groups in total. The van der Waals surface area contributed by atoms with Gasteiger partial charge in [0, 0.05) is 62.3 Å². The number of hydrogen-bond acceptors (Lipinski definition) is 2. The van der Waals surface area contributed by atoms with Crippen molar-refractivity contribution in [2.75, 3.05) is 6.54 Å². The van der Waals surface area contributed by atoms with E-state index >= 15 is 0 Å². The van der Waals surface area contributed by atoms with Gasteiger partial charge in [0.1, 0.15) is 12.6 Å². The number of rotatable bonds is 8. The molecule has 0 saturated heterocycles. The van der Waals surface area contributed by atoms with Gasteiger partial charge in [-0.15, -0.1) is 0 Å². The van der Waals surface area contributed by atoms with Crippen molar-refractivity contribution in [3.63, 3.8) is 0 Å². The zero-order valence-corrected chi connectivity index (χ0v) is 22.7. The number of hydrogen-bond donors (Lipinski definition) is 0. The Bertz CT molecular complexity index is 749. The largest absolute Gasteiger partial charge is 0.937 e. The molecule has 2 heterocycles. The summed E-state index contributed by atoms with van der Waals surface area (Å²) in [6, 6.07) is 1.49. The zero-order valence-electron chi connectivity index (χ0n) is 21.7. The monoisotopic (exact) mass is 432 g/mol. The highest BCUT2D eigenvalue weighted by Crippen LogP contribution is 2.38. The number of nitrogens with zero attached hydrogens (tertiary/aromatic N) is 4. The van der Waals surface area contributed by atoms with Crippen LogP contribution in [0.2, 0.25) is 0 Å². The molecule has 0 bridgehead atoms. The van der Waals surface area contributed by atoms with Crippen LogP contribution in [-0.4, -0.2) is 62.4 Å². The molecule has 2 rings (SSSR count). The van der Waals surface area contributed by atoms with Crippen molar-refractivity contribution in [2.45, 2.75) is 120 Å². The lowest BCUT2D eigenvalue weighted by Crippen LogP contribution is -2.84. The predicted molar refractivity (Wildman–Crippen MR) is 133 cm³/mol. The molecule has 170 valence electrons. The summed E-state index contributed by atoms with van der Waals surface area (Å²) in [5, 5.41) is 0. The van der Waals surface area contributed by atoms with Gasteiger partial charge in [-0.3, -0.25) is 9.13 Å². The fraction of sp³-hybridized carbons (Fsp3) is 0.760. The molecule has 30 heavy (non-hydrogen) atoms. The van der Waals surface area contributed by atoms with Gasteiger partial charge < -0.3 is 0 Å². The minimum atomic E-state index is -2.49. The van der Waals surface area contributed by atoms with E-state index in [1.54, 1.807) is 0 Å². The van der Waals surface area contributed by atoms with E-state index in [0.29, 0.717) is 18.1 Å². The van der Waals surface area contributed by atoms with Gasteiger partial charge in [-0.2, -0.15) is 0 Å². The molecule has 0 amide bonds. The van der Waals surface area contributed by atoms with E-state index in [0.717, 1.165) is 32.2 Å². The molecule has 4 atom stereocenters. The molecule has 0 fully saturated rings. The average molecular weight is 433 g/mol. The van der Waals surface area contributed by atoms with E-state index in [9.17, 15) is 0 Å². The van der Waals surface area contributed by atoms with Crippen molar-refractivity contribution in [3.8, 4) is 0 Å². The second kappa shape index (κ2) is 9.84. The molecule has 4 nitrogen and oxygen atoms in total. The van der Waals surface area contributed by atoms with Gasteiger partial charge >= 0.3 is 8.72 Å². The van der Waals surface area contributed by atoms with E-state index in [4.69, 9.17) is 0 Å². The average Bonchev–Trinajstić information content (AvgIpc) is 2.69. The standard InChI is InChI=1S/C25H48N4Si/c1-12-16-26-22(8)17-23(9)27(19(5)13-2)30(26)28(20(6)14-3)24(10)18-25(11)29(30)21(7)15-4/h17-21H,12-16H2,1-11H3/q+2. The second-order valence-corrected chi connectivity index (χ2v) is 12.7. The van der Waals surface area contributed by atoms with Gasteiger partial charge in [0.15, 0.2) is 11.4 Å². The molecule has 4 unspecified atom stereocenters. The smallest absolute Gasteiger partial charge is 0.268 e. The second-order valence-electron chi connectivity index (χ2n) is 9.49. The van der Waals surface area contributed by atoms with Crippen LogP contribution in [0.1, 0.15) is 102 Å². The highest BCUT2D eigenvalue weighted by atomic mass is 28.4. The van der Waals surface area contributed by atoms with Crippen molar-refractivity contribution in [2.24, 2.45) is 0 Å².